The van der Waals surface area contributed by atoms with Crippen molar-refractivity contribution in [2.75, 3.05) is 40.4 Å². The molecular weight excluding hydrogens is 332 g/mol. The van der Waals surface area contributed by atoms with E-state index in [4.69, 9.17) is 9.47 Å². The predicted octanol–water partition coefficient (Wildman–Crippen LogP) is 1.65. The van der Waals surface area contributed by atoms with Gasteiger partial charge in [0, 0.05) is 33.2 Å². The number of aliphatic hydroxyl groups is 1. The molecule has 2 heterocycles. The van der Waals surface area contributed by atoms with E-state index in [1.807, 2.05) is 0 Å². The molecule has 3 fully saturated rings. The van der Waals surface area contributed by atoms with Crippen molar-refractivity contribution in [1.82, 2.24) is 9.80 Å². The van der Waals surface area contributed by atoms with Crippen LogP contribution in [-0.4, -0.2) is 85.6 Å². The van der Waals surface area contributed by atoms with Crippen molar-refractivity contribution in [3.8, 4) is 0 Å². The smallest absolute Gasteiger partial charge is 0.224 e. The van der Waals surface area contributed by atoms with Crippen LogP contribution in [0.4, 0.5) is 0 Å². The Balaban J connectivity index is 1.62. The summed E-state index contributed by atoms with van der Waals surface area (Å²) in [5.74, 6) is 0.861. The van der Waals surface area contributed by atoms with Crippen LogP contribution in [0.15, 0.2) is 0 Å². The van der Waals surface area contributed by atoms with E-state index in [1.54, 1.807) is 19.0 Å². The van der Waals surface area contributed by atoms with E-state index in [-0.39, 0.29) is 24.2 Å². The monoisotopic (exact) mass is 368 g/mol. The summed E-state index contributed by atoms with van der Waals surface area (Å²) in [6, 6.07) is 0.289. The summed E-state index contributed by atoms with van der Waals surface area (Å²) in [5.41, 5.74) is 0. The highest BCUT2D eigenvalue weighted by atomic mass is 16.5. The van der Waals surface area contributed by atoms with Crippen molar-refractivity contribution >= 4 is 5.91 Å². The lowest BCUT2D eigenvalue weighted by molar-refractivity contribution is -0.160. The molecule has 2 aliphatic heterocycles. The first-order valence-electron chi connectivity index (χ1n) is 10.4. The first-order valence-corrected chi connectivity index (χ1v) is 10.4. The summed E-state index contributed by atoms with van der Waals surface area (Å²) < 4.78 is 12.0. The molecule has 0 bridgehead atoms. The van der Waals surface area contributed by atoms with Crippen LogP contribution in [0.5, 0.6) is 0 Å². The number of hydrogen-bond acceptors (Lipinski definition) is 5. The largest absolute Gasteiger partial charge is 0.389 e. The van der Waals surface area contributed by atoms with E-state index < -0.39 is 6.10 Å². The van der Waals surface area contributed by atoms with Crippen LogP contribution < -0.4 is 0 Å². The van der Waals surface area contributed by atoms with Gasteiger partial charge < -0.3 is 19.5 Å². The van der Waals surface area contributed by atoms with E-state index >= 15 is 0 Å². The molecule has 0 aromatic heterocycles. The number of aliphatic hydroxyl groups excluding tert-OH is 1. The zero-order chi connectivity index (χ0) is 18.5. The highest BCUT2D eigenvalue weighted by Crippen LogP contribution is 2.31. The molecule has 1 aliphatic carbocycles. The van der Waals surface area contributed by atoms with Gasteiger partial charge in [-0.05, 0) is 31.6 Å². The van der Waals surface area contributed by atoms with Crippen molar-refractivity contribution in [3.63, 3.8) is 0 Å². The van der Waals surface area contributed by atoms with Crippen LogP contribution in [0.25, 0.3) is 0 Å². The summed E-state index contributed by atoms with van der Waals surface area (Å²) in [7, 11) is 3.58. The molecule has 6 heteroatoms. The fraction of sp³-hybridized carbons (Fsp3) is 0.950. The average Bonchev–Trinajstić information content (AvgIpc) is 2.61. The maximum absolute atomic E-state index is 12.0. The number of rotatable bonds is 4. The number of carbonyl (C=O) groups is 1. The number of hydrogen-bond donors (Lipinski definition) is 1. The first-order chi connectivity index (χ1) is 12.5. The summed E-state index contributed by atoms with van der Waals surface area (Å²) in [4.78, 5) is 16.1. The van der Waals surface area contributed by atoms with Gasteiger partial charge in [0.15, 0.2) is 0 Å². The van der Waals surface area contributed by atoms with Gasteiger partial charge in [0.2, 0.25) is 5.91 Å². The first kappa shape index (κ1) is 20.1. The van der Waals surface area contributed by atoms with Crippen molar-refractivity contribution in [3.05, 3.63) is 0 Å². The molecule has 0 aromatic carbocycles. The summed E-state index contributed by atoms with van der Waals surface area (Å²) >= 11 is 0. The molecule has 150 valence electrons. The number of β-amino-alcohol motifs (C(OH)–C–C–N with tert-alkyl or cyclic N) is 1. The second-order valence-corrected chi connectivity index (χ2v) is 8.58. The normalized spacial score (nSPS) is 34.6. The predicted molar refractivity (Wildman–Crippen MR) is 100.0 cm³/mol. The van der Waals surface area contributed by atoms with Crippen LogP contribution in [0.2, 0.25) is 0 Å². The Labute approximate surface area is 157 Å². The van der Waals surface area contributed by atoms with Gasteiger partial charge in [-0.25, -0.2) is 0 Å². The van der Waals surface area contributed by atoms with Crippen molar-refractivity contribution in [2.24, 2.45) is 5.92 Å². The van der Waals surface area contributed by atoms with Crippen LogP contribution >= 0.6 is 0 Å². The third-order valence-corrected chi connectivity index (χ3v) is 6.21. The fourth-order valence-electron chi connectivity index (χ4n) is 4.73. The Hall–Kier alpha value is -0.690. The Morgan fingerprint density at radius 1 is 1.12 bits per heavy atom. The van der Waals surface area contributed by atoms with Gasteiger partial charge in [0.05, 0.1) is 37.9 Å². The quantitative estimate of drug-likeness (QED) is 0.818. The van der Waals surface area contributed by atoms with Gasteiger partial charge in [-0.15, -0.1) is 0 Å². The van der Waals surface area contributed by atoms with E-state index in [2.05, 4.69) is 4.90 Å². The van der Waals surface area contributed by atoms with Gasteiger partial charge in [0.25, 0.3) is 0 Å². The standard InChI is InChI=1S/C20H36N2O4/c1-21(2)20(24)10-17-8-9-18-19(26-17)14-25-13-16(23)12-22(18)11-15-6-4-3-5-7-15/h15-19,23H,3-14H2,1-2H3/t16-,17-,18-,19+/m0/s1. The van der Waals surface area contributed by atoms with Crippen LogP contribution in [0, 0.1) is 5.92 Å². The zero-order valence-electron chi connectivity index (χ0n) is 16.4. The topological polar surface area (TPSA) is 62.2 Å². The molecule has 0 unspecified atom stereocenters. The number of nitrogens with zero attached hydrogens (tertiary/aromatic N) is 2. The van der Waals surface area contributed by atoms with Crippen molar-refractivity contribution in [2.45, 2.75) is 75.7 Å². The molecule has 1 saturated carbocycles. The van der Waals surface area contributed by atoms with Crippen molar-refractivity contribution in [1.29, 1.82) is 0 Å². The van der Waals surface area contributed by atoms with Crippen LogP contribution in [-0.2, 0) is 14.3 Å². The molecule has 4 atom stereocenters. The minimum atomic E-state index is -0.424. The number of amides is 1. The maximum atomic E-state index is 12.0. The Morgan fingerprint density at radius 2 is 1.88 bits per heavy atom. The van der Waals surface area contributed by atoms with Gasteiger partial charge in [-0.2, -0.15) is 0 Å². The lowest BCUT2D eigenvalue weighted by Gasteiger charge is -2.45. The van der Waals surface area contributed by atoms with Gasteiger partial charge in [0.1, 0.15) is 0 Å². The summed E-state index contributed by atoms with van der Waals surface area (Å²) in [6.45, 7) is 2.61. The fourth-order valence-corrected chi connectivity index (χ4v) is 4.73. The third kappa shape index (κ3) is 5.41. The molecule has 0 radical (unpaired) electrons. The zero-order valence-corrected chi connectivity index (χ0v) is 16.4. The molecule has 1 amide bonds. The van der Waals surface area contributed by atoms with Crippen LogP contribution in [0.3, 0.4) is 0 Å². The van der Waals surface area contributed by atoms with E-state index in [1.165, 1.54) is 32.1 Å². The second kappa shape index (κ2) is 9.49. The summed E-state index contributed by atoms with van der Waals surface area (Å²) in [6.07, 6.45) is 8.57. The average molecular weight is 369 g/mol. The minimum Gasteiger partial charge on any atom is -0.389 e. The lowest BCUT2D eigenvalue weighted by Crippen LogP contribution is -2.56. The number of fused-ring (bicyclic) bond motifs is 1. The van der Waals surface area contributed by atoms with Crippen molar-refractivity contribution < 1.29 is 19.4 Å². The van der Waals surface area contributed by atoms with E-state index in [0.717, 1.165) is 25.3 Å². The third-order valence-electron chi connectivity index (χ3n) is 6.21. The Morgan fingerprint density at radius 3 is 2.62 bits per heavy atom. The summed E-state index contributed by atoms with van der Waals surface area (Å²) in [5, 5.41) is 10.3. The maximum Gasteiger partial charge on any atom is 0.224 e. The molecule has 1 N–H and O–H groups in total. The SMILES string of the molecule is CN(C)C(=O)C[C@@H]1CC[C@H]2[C@@H](COC[C@@H](O)CN2CC2CCCCC2)O1. The molecule has 6 nitrogen and oxygen atoms in total. The van der Waals surface area contributed by atoms with Gasteiger partial charge >= 0.3 is 0 Å². The molecule has 26 heavy (non-hydrogen) atoms. The number of ether oxygens (including phenoxy) is 2. The molecule has 2 saturated heterocycles. The molecular formula is C20H36N2O4. The molecule has 0 aromatic rings. The van der Waals surface area contributed by atoms with Crippen LogP contribution in [0.1, 0.15) is 51.4 Å². The highest BCUT2D eigenvalue weighted by molar-refractivity contribution is 5.76. The van der Waals surface area contributed by atoms with E-state index in [0.29, 0.717) is 26.2 Å². The van der Waals surface area contributed by atoms with Gasteiger partial charge in [-0.3, -0.25) is 9.69 Å². The Bertz CT molecular complexity index is 453. The minimum absolute atomic E-state index is 0.000183. The highest BCUT2D eigenvalue weighted by Gasteiger charge is 2.38. The molecule has 0 spiro atoms. The van der Waals surface area contributed by atoms with Gasteiger partial charge in [-0.1, -0.05) is 19.3 Å². The molecule has 3 aliphatic rings. The number of carbonyl (C=O) groups excluding carboxylic acids is 1. The van der Waals surface area contributed by atoms with E-state index in [9.17, 15) is 9.90 Å². The second-order valence-electron chi connectivity index (χ2n) is 8.58. The Kier molecular flexibility index (Phi) is 7.32. The lowest BCUT2D eigenvalue weighted by atomic mass is 9.87. The molecule has 3 rings (SSSR count).